The lowest BCUT2D eigenvalue weighted by Gasteiger charge is -2.13. The maximum absolute atomic E-state index is 14.1. The second-order valence-corrected chi connectivity index (χ2v) is 8.91. The van der Waals surface area contributed by atoms with Gasteiger partial charge in [0.2, 0.25) is 0 Å². The first-order chi connectivity index (χ1) is 14.6. The van der Waals surface area contributed by atoms with Gasteiger partial charge in [0, 0.05) is 30.5 Å². The van der Waals surface area contributed by atoms with E-state index in [1.165, 1.54) is 43.5 Å². The van der Waals surface area contributed by atoms with Crippen LogP contribution in [0.4, 0.5) is 13.2 Å². The first-order valence-electron chi connectivity index (χ1n) is 9.30. The summed E-state index contributed by atoms with van der Waals surface area (Å²) < 4.78 is 71.7. The SMILES string of the molecule is COc1ccc(-c2c(-c3ccc(S(C)(=O)=O)cc3)nn(CCCO)c2C(F)(F)F)cc1. The molecule has 3 aromatic rings. The number of benzene rings is 2. The molecule has 2 aromatic carbocycles. The van der Waals surface area contributed by atoms with Crippen molar-refractivity contribution in [1.29, 1.82) is 0 Å². The minimum atomic E-state index is -4.71. The Kier molecular flexibility index (Phi) is 6.42. The zero-order valence-corrected chi connectivity index (χ0v) is 17.7. The van der Waals surface area contributed by atoms with Crippen LogP contribution in [0.25, 0.3) is 22.4 Å². The molecule has 1 heterocycles. The number of aliphatic hydroxyl groups excluding tert-OH is 1. The summed E-state index contributed by atoms with van der Waals surface area (Å²) in [6, 6.07) is 11.7. The molecule has 0 bridgehead atoms. The summed E-state index contributed by atoms with van der Waals surface area (Å²) in [5, 5.41) is 13.3. The molecule has 166 valence electrons. The average Bonchev–Trinajstić information content (AvgIpc) is 3.11. The van der Waals surface area contributed by atoms with Gasteiger partial charge < -0.3 is 9.84 Å². The predicted molar refractivity (Wildman–Crippen MR) is 109 cm³/mol. The highest BCUT2D eigenvalue weighted by Gasteiger charge is 2.40. The first kappa shape index (κ1) is 22.8. The third-order valence-electron chi connectivity index (χ3n) is 4.68. The molecular formula is C21H21F3N2O4S. The van der Waals surface area contributed by atoms with Gasteiger partial charge in [-0.2, -0.15) is 18.3 Å². The lowest BCUT2D eigenvalue weighted by Crippen LogP contribution is -2.16. The van der Waals surface area contributed by atoms with Gasteiger partial charge in [0.1, 0.15) is 11.4 Å². The van der Waals surface area contributed by atoms with E-state index in [0.717, 1.165) is 10.9 Å². The molecule has 0 fully saturated rings. The van der Waals surface area contributed by atoms with E-state index in [1.54, 1.807) is 12.1 Å². The molecule has 1 N–H and O–H groups in total. The molecule has 0 amide bonds. The standard InChI is InChI=1S/C21H21F3N2O4S/c1-30-16-8-4-14(5-9-16)18-19(15-6-10-17(11-7-15)31(2,28)29)25-26(12-3-13-27)20(18)21(22,23)24/h4-11,27H,3,12-13H2,1-2H3. The fourth-order valence-corrected chi connectivity index (χ4v) is 3.86. The summed E-state index contributed by atoms with van der Waals surface area (Å²) in [7, 11) is -2.00. The van der Waals surface area contributed by atoms with Gasteiger partial charge >= 0.3 is 6.18 Å². The van der Waals surface area contributed by atoms with E-state index < -0.39 is 21.7 Å². The number of alkyl halides is 3. The van der Waals surface area contributed by atoms with Gasteiger partial charge in [-0.3, -0.25) is 4.68 Å². The molecule has 0 atom stereocenters. The summed E-state index contributed by atoms with van der Waals surface area (Å²) in [6.07, 6.45) is -3.56. The number of aryl methyl sites for hydroxylation is 1. The number of hydrogen-bond acceptors (Lipinski definition) is 5. The number of nitrogens with zero attached hydrogens (tertiary/aromatic N) is 2. The van der Waals surface area contributed by atoms with E-state index in [9.17, 15) is 21.6 Å². The highest BCUT2D eigenvalue weighted by Crippen LogP contribution is 2.43. The van der Waals surface area contributed by atoms with Crippen molar-refractivity contribution in [2.45, 2.75) is 24.0 Å². The summed E-state index contributed by atoms with van der Waals surface area (Å²) >= 11 is 0. The number of aromatic nitrogens is 2. The minimum absolute atomic E-state index is 0.0537. The minimum Gasteiger partial charge on any atom is -0.497 e. The zero-order chi connectivity index (χ0) is 22.8. The maximum Gasteiger partial charge on any atom is 0.433 e. The maximum atomic E-state index is 14.1. The van der Waals surface area contributed by atoms with E-state index >= 15 is 0 Å². The van der Waals surface area contributed by atoms with Gasteiger partial charge in [-0.15, -0.1) is 0 Å². The normalized spacial score (nSPS) is 12.2. The van der Waals surface area contributed by atoms with Gasteiger partial charge in [0.15, 0.2) is 15.5 Å². The Morgan fingerprint density at radius 2 is 1.61 bits per heavy atom. The van der Waals surface area contributed by atoms with Crippen molar-refractivity contribution in [3.05, 3.63) is 54.2 Å². The first-order valence-corrected chi connectivity index (χ1v) is 11.2. The van der Waals surface area contributed by atoms with Gasteiger partial charge in [0.25, 0.3) is 0 Å². The quantitative estimate of drug-likeness (QED) is 0.583. The molecule has 0 unspecified atom stereocenters. The van der Waals surface area contributed by atoms with Crippen LogP contribution in [-0.4, -0.2) is 43.3 Å². The zero-order valence-electron chi connectivity index (χ0n) is 16.8. The topological polar surface area (TPSA) is 81.4 Å². The summed E-state index contributed by atoms with van der Waals surface area (Å²) in [5.41, 5.74) is -0.374. The Balaban J connectivity index is 2.27. The van der Waals surface area contributed by atoms with Crippen molar-refractivity contribution in [2.24, 2.45) is 0 Å². The smallest absolute Gasteiger partial charge is 0.433 e. The van der Waals surface area contributed by atoms with Crippen LogP contribution in [0, 0.1) is 0 Å². The third-order valence-corrected chi connectivity index (χ3v) is 5.81. The second kappa shape index (κ2) is 8.72. The van der Waals surface area contributed by atoms with Crippen molar-refractivity contribution in [3.63, 3.8) is 0 Å². The number of sulfone groups is 1. The highest BCUT2D eigenvalue weighted by molar-refractivity contribution is 7.90. The molecule has 10 heteroatoms. The average molecular weight is 454 g/mol. The largest absolute Gasteiger partial charge is 0.497 e. The molecule has 31 heavy (non-hydrogen) atoms. The number of methoxy groups -OCH3 is 1. The Morgan fingerprint density at radius 3 is 2.10 bits per heavy atom. The second-order valence-electron chi connectivity index (χ2n) is 6.90. The van der Waals surface area contributed by atoms with Crippen LogP contribution in [-0.2, 0) is 22.6 Å². The summed E-state index contributed by atoms with van der Waals surface area (Å²) in [4.78, 5) is 0.0537. The van der Waals surface area contributed by atoms with Gasteiger partial charge in [-0.1, -0.05) is 24.3 Å². The molecule has 0 aliphatic carbocycles. The Morgan fingerprint density at radius 1 is 1.03 bits per heavy atom. The van der Waals surface area contributed by atoms with Crippen LogP contribution in [0.3, 0.4) is 0 Å². The van der Waals surface area contributed by atoms with Gasteiger partial charge in [0.05, 0.1) is 12.0 Å². The van der Waals surface area contributed by atoms with E-state index in [1.807, 2.05) is 0 Å². The Labute approximate surface area is 177 Å². The van der Waals surface area contributed by atoms with E-state index in [2.05, 4.69) is 5.10 Å². The molecule has 0 saturated heterocycles. The highest BCUT2D eigenvalue weighted by atomic mass is 32.2. The number of hydrogen-bond donors (Lipinski definition) is 1. The summed E-state index contributed by atoms with van der Waals surface area (Å²) in [5.74, 6) is 0.490. The molecule has 6 nitrogen and oxygen atoms in total. The number of ether oxygens (including phenoxy) is 1. The molecule has 3 rings (SSSR count). The fourth-order valence-electron chi connectivity index (χ4n) is 3.23. The van der Waals surface area contributed by atoms with Crippen molar-refractivity contribution < 1.29 is 31.4 Å². The molecule has 1 aromatic heterocycles. The lowest BCUT2D eigenvalue weighted by molar-refractivity contribution is -0.143. The van der Waals surface area contributed by atoms with Crippen molar-refractivity contribution >= 4 is 9.84 Å². The van der Waals surface area contributed by atoms with E-state index in [0.29, 0.717) is 11.3 Å². The van der Waals surface area contributed by atoms with Crippen LogP contribution in [0.1, 0.15) is 12.1 Å². The molecule has 0 saturated carbocycles. The number of aliphatic hydroxyl groups is 1. The molecule has 0 radical (unpaired) electrons. The van der Waals surface area contributed by atoms with Crippen LogP contribution in [0.15, 0.2) is 53.4 Å². The number of rotatable bonds is 7. The van der Waals surface area contributed by atoms with Crippen LogP contribution in [0.5, 0.6) is 5.75 Å². The van der Waals surface area contributed by atoms with Crippen molar-refractivity contribution in [1.82, 2.24) is 9.78 Å². The molecular weight excluding hydrogens is 433 g/mol. The number of halogens is 3. The predicted octanol–water partition coefficient (Wildman–Crippen LogP) is 4.03. The Hall–Kier alpha value is -2.85. The van der Waals surface area contributed by atoms with Crippen LogP contribution >= 0.6 is 0 Å². The monoisotopic (exact) mass is 454 g/mol. The van der Waals surface area contributed by atoms with Crippen LogP contribution in [0.2, 0.25) is 0 Å². The molecule has 0 aliphatic heterocycles. The van der Waals surface area contributed by atoms with Crippen molar-refractivity contribution in [3.8, 4) is 28.1 Å². The van der Waals surface area contributed by atoms with E-state index in [-0.39, 0.29) is 41.3 Å². The Bertz CT molecular complexity index is 1150. The molecule has 0 aliphatic rings. The fraction of sp³-hybridized carbons (Fsp3) is 0.286. The molecule has 0 spiro atoms. The van der Waals surface area contributed by atoms with E-state index in [4.69, 9.17) is 9.84 Å². The lowest BCUT2D eigenvalue weighted by atomic mass is 9.98. The van der Waals surface area contributed by atoms with Gasteiger partial charge in [-0.25, -0.2) is 8.42 Å². The summed E-state index contributed by atoms with van der Waals surface area (Å²) in [6.45, 7) is -0.413. The van der Waals surface area contributed by atoms with Crippen LogP contribution < -0.4 is 4.74 Å². The van der Waals surface area contributed by atoms with Gasteiger partial charge in [-0.05, 0) is 36.2 Å². The van der Waals surface area contributed by atoms with Crippen molar-refractivity contribution in [2.75, 3.05) is 20.0 Å². The third kappa shape index (κ3) is 4.91.